The van der Waals surface area contributed by atoms with Crippen molar-refractivity contribution in [1.29, 1.82) is 0 Å². The maximum atomic E-state index is 11.1. The molecule has 1 aliphatic heterocycles. The van der Waals surface area contributed by atoms with E-state index in [0.29, 0.717) is 24.4 Å². The number of piperidine rings is 1. The van der Waals surface area contributed by atoms with E-state index < -0.39 is 0 Å². The Morgan fingerprint density at radius 2 is 2.12 bits per heavy atom. The van der Waals surface area contributed by atoms with Gasteiger partial charge in [-0.15, -0.1) is 5.01 Å². The fourth-order valence-corrected chi connectivity index (χ4v) is 8.14. The molecule has 5 heteroatoms. The average Bonchev–Trinajstić information content (AvgIpc) is 2.91. The van der Waals surface area contributed by atoms with Crippen LogP contribution in [0.3, 0.4) is 0 Å². The lowest BCUT2D eigenvalue weighted by atomic mass is 9.52. The molecule has 0 aromatic carbocycles. The highest BCUT2D eigenvalue weighted by Crippen LogP contribution is 2.63. The van der Waals surface area contributed by atoms with Crippen molar-refractivity contribution in [1.82, 2.24) is 5.01 Å². The zero-order valence-electron chi connectivity index (χ0n) is 14.8. The van der Waals surface area contributed by atoms with Gasteiger partial charge in [-0.05, 0) is 79.1 Å². The second-order valence-corrected chi connectivity index (χ2v) is 10.8. The van der Waals surface area contributed by atoms with Crippen LogP contribution >= 0.6 is 22.6 Å². The van der Waals surface area contributed by atoms with Crippen molar-refractivity contribution >= 4 is 22.6 Å². The zero-order chi connectivity index (χ0) is 17.1. The molecule has 134 valence electrons. The minimum atomic E-state index is -0.204. The first-order valence-corrected chi connectivity index (χ1v) is 10.9. The standard InChI is InChI=1S/C19H29IN2O2/c1-12(20)17-5-6-18-16-4-3-13-11-21(22(23)24)10-8-14(13)15(16)7-9-19(17,18)2/h3,12,14-18H,4-11H2,1-2H3/t12?,14?,15?,16?,17-,18?,19-/m1/s1. The third-order valence-corrected chi connectivity index (χ3v) is 8.93. The van der Waals surface area contributed by atoms with Crippen LogP contribution < -0.4 is 0 Å². The molecule has 0 bridgehead atoms. The third kappa shape index (κ3) is 2.52. The molecular formula is C19H29IN2O2. The molecule has 0 spiro atoms. The smallest absolute Gasteiger partial charge is 0.160 e. The van der Waals surface area contributed by atoms with Gasteiger partial charge in [0.2, 0.25) is 0 Å². The Labute approximate surface area is 158 Å². The maximum Gasteiger partial charge on any atom is 0.160 e. The number of nitro groups is 1. The number of rotatable bonds is 2. The van der Waals surface area contributed by atoms with E-state index in [1.807, 2.05) is 0 Å². The SMILES string of the molecule is CC(I)[C@H]1CCC2C3CC=C4CN([N+](=O)[O-])CCC4C3CC[C@@]21C. The summed E-state index contributed by atoms with van der Waals surface area (Å²) < 4.78 is 0.771. The van der Waals surface area contributed by atoms with Crippen molar-refractivity contribution in [2.45, 2.75) is 56.3 Å². The van der Waals surface area contributed by atoms with E-state index in [1.54, 1.807) is 0 Å². The number of fused-ring (bicyclic) bond motifs is 5. The van der Waals surface area contributed by atoms with Gasteiger partial charge in [0.1, 0.15) is 6.54 Å². The van der Waals surface area contributed by atoms with Crippen LogP contribution in [0.5, 0.6) is 0 Å². The van der Waals surface area contributed by atoms with Crippen molar-refractivity contribution in [2.24, 2.45) is 35.0 Å². The summed E-state index contributed by atoms with van der Waals surface area (Å²) >= 11 is 2.65. The van der Waals surface area contributed by atoms with E-state index in [1.165, 1.54) is 42.7 Å². The van der Waals surface area contributed by atoms with Gasteiger partial charge in [-0.1, -0.05) is 42.5 Å². The molecule has 0 amide bonds. The van der Waals surface area contributed by atoms with Gasteiger partial charge < -0.3 is 0 Å². The molecule has 2 saturated carbocycles. The first kappa shape index (κ1) is 17.1. The molecule has 3 fully saturated rings. The summed E-state index contributed by atoms with van der Waals surface area (Å²) in [6.45, 7) is 6.18. The number of halogens is 1. The van der Waals surface area contributed by atoms with Gasteiger partial charge in [0.25, 0.3) is 0 Å². The minimum Gasteiger partial charge on any atom is -0.235 e. The second-order valence-electron chi connectivity index (χ2n) is 8.88. The van der Waals surface area contributed by atoms with E-state index in [0.717, 1.165) is 34.0 Å². The van der Waals surface area contributed by atoms with Gasteiger partial charge in [-0.3, -0.25) is 0 Å². The summed E-state index contributed by atoms with van der Waals surface area (Å²) in [7, 11) is 0. The topological polar surface area (TPSA) is 46.4 Å². The van der Waals surface area contributed by atoms with Gasteiger partial charge in [0, 0.05) is 3.92 Å². The van der Waals surface area contributed by atoms with Crippen LogP contribution in [0.2, 0.25) is 0 Å². The Morgan fingerprint density at radius 1 is 1.33 bits per heavy atom. The summed E-state index contributed by atoms with van der Waals surface area (Å²) in [5, 5.41) is 12.3. The fourth-order valence-electron chi connectivity index (χ4n) is 6.96. The first-order chi connectivity index (χ1) is 11.4. The van der Waals surface area contributed by atoms with E-state index in [9.17, 15) is 10.1 Å². The van der Waals surface area contributed by atoms with Crippen molar-refractivity contribution in [2.75, 3.05) is 13.1 Å². The van der Waals surface area contributed by atoms with Crippen molar-refractivity contribution in [3.63, 3.8) is 0 Å². The highest BCUT2D eigenvalue weighted by molar-refractivity contribution is 14.1. The first-order valence-electron chi connectivity index (χ1n) is 9.64. The van der Waals surface area contributed by atoms with Crippen molar-refractivity contribution < 1.29 is 5.03 Å². The Bertz CT molecular complexity index is 564. The van der Waals surface area contributed by atoms with Gasteiger partial charge in [-0.25, -0.2) is 10.1 Å². The van der Waals surface area contributed by atoms with E-state index >= 15 is 0 Å². The number of allylic oxidation sites excluding steroid dienone is 1. The minimum absolute atomic E-state index is 0.204. The summed E-state index contributed by atoms with van der Waals surface area (Å²) in [5.74, 6) is 4.01. The lowest BCUT2D eigenvalue weighted by Gasteiger charge is -2.54. The Balaban J connectivity index is 1.56. The molecule has 1 saturated heterocycles. The lowest BCUT2D eigenvalue weighted by molar-refractivity contribution is -0.655. The van der Waals surface area contributed by atoms with Crippen LogP contribution in [-0.2, 0) is 0 Å². The van der Waals surface area contributed by atoms with Crippen LogP contribution in [0.4, 0.5) is 0 Å². The number of hydrogen-bond donors (Lipinski definition) is 0. The van der Waals surface area contributed by atoms with Crippen LogP contribution in [0.1, 0.15) is 52.4 Å². The Hall–Kier alpha value is -0.330. The van der Waals surface area contributed by atoms with Gasteiger partial charge in [0.15, 0.2) is 5.03 Å². The largest absolute Gasteiger partial charge is 0.235 e. The van der Waals surface area contributed by atoms with Gasteiger partial charge in [-0.2, -0.15) is 0 Å². The Kier molecular flexibility index (Phi) is 4.37. The number of alkyl halides is 1. The molecule has 0 aromatic rings. The summed E-state index contributed by atoms with van der Waals surface area (Å²) in [4.78, 5) is 11.1. The molecule has 4 rings (SSSR count). The van der Waals surface area contributed by atoms with Crippen LogP contribution in [-0.4, -0.2) is 27.1 Å². The third-order valence-electron chi connectivity index (χ3n) is 8.06. The molecule has 3 aliphatic carbocycles. The van der Waals surface area contributed by atoms with Crippen LogP contribution in [0.15, 0.2) is 11.6 Å². The predicted octanol–water partition coefficient (Wildman–Crippen LogP) is 4.71. The lowest BCUT2D eigenvalue weighted by Crippen LogP contribution is -2.49. The van der Waals surface area contributed by atoms with Crippen molar-refractivity contribution in [3.8, 4) is 0 Å². The number of nitrogens with zero attached hydrogens (tertiary/aromatic N) is 2. The highest BCUT2D eigenvalue weighted by atomic mass is 127. The predicted molar refractivity (Wildman–Crippen MR) is 103 cm³/mol. The normalized spacial score (nSPS) is 45.7. The highest BCUT2D eigenvalue weighted by Gasteiger charge is 2.56. The molecule has 24 heavy (non-hydrogen) atoms. The molecule has 0 radical (unpaired) electrons. The molecule has 5 unspecified atom stereocenters. The monoisotopic (exact) mass is 444 g/mol. The molecule has 0 aromatic heterocycles. The van der Waals surface area contributed by atoms with Gasteiger partial charge in [0.05, 0.1) is 6.54 Å². The van der Waals surface area contributed by atoms with Crippen LogP contribution in [0.25, 0.3) is 0 Å². The van der Waals surface area contributed by atoms with E-state index in [-0.39, 0.29) is 5.03 Å². The van der Waals surface area contributed by atoms with Crippen molar-refractivity contribution in [3.05, 3.63) is 21.8 Å². The number of hydrogen-bond acceptors (Lipinski definition) is 2. The summed E-state index contributed by atoms with van der Waals surface area (Å²) in [5.41, 5.74) is 1.91. The molecule has 0 N–H and O–H groups in total. The quantitative estimate of drug-likeness (QED) is 0.204. The second kappa shape index (κ2) is 6.13. The van der Waals surface area contributed by atoms with Gasteiger partial charge >= 0.3 is 0 Å². The molecule has 4 aliphatic rings. The molecule has 4 nitrogen and oxygen atoms in total. The summed E-state index contributed by atoms with van der Waals surface area (Å²) in [6, 6.07) is 0. The van der Waals surface area contributed by atoms with E-state index in [2.05, 4.69) is 42.5 Å². The molecule has 7 atom stereocenters. The molecule has 1 heterocycles. The van der Waals surface area contributed by atoms with E-state index in [4.69, 9.17) is 0 Å². The average molecular weight is 444 g/mol. The number of hydrazine groups is 1. The molecular weight excluding hydrogens is 415 g/mol. The summed E-state index contributed by atoms with van der Waals surface area (Å²) in [6.07, 6.45) is 10.1. The Morgan fingerprint density at radius 3 is 2.83 bits per heavy atom. The zero-order valence-corrected chi connectivity index (χ0v) is 16.9. The maximum absolute atomic E-state index is 11.1. The fraction of sp³-hybridized carbons (Fsp3) is 0.895. The van der Waals surface area contributed by atoms with Crippen LogP contribution in [0, 0.1) is 45.1 Å².